The minimum Gasteiger partial charge on any atom is -0.464 e. The van der Waals surface area contributed by atoms with Crippen molar-refractivity contribution in [2.45, 2.75) is 102 Å². The van der Waals surface area contributed by atoms with E-state index in [0.717, 1.165) is 0 Å². The van der Waals surface area contributed by atoms with Crippen LogP contribution in [0.25, 0.3) is 0 Å². The van der Waals surface area contributed by atoms with Gasteiger partial charge in [0.25, 0.3) is 5.90 Å². The van der Waals surface area contributed by atoms with Crippen LogP contribution >= 0.6 is 0 Å². The lowest BCUT2D eigenvalue weighted by atomic mass is 10.1. The summed E-state index contributed by atoms with van der Waals surface area (Å²) in [6.45, 7) is 23.0. The van der Waals surface area contributed by atoms with Crippen molar-refractivity contribution in [3.63, 3.8) is 0 Å². The fourth-order valence-electron chi connectivity index (χ4n) is 3.03. The third-order valence-corrected chi connectivity index (χ3v) is 16.1. The fourth-order valence-corrected chi connectivity index (χ4v) is 5.37. The van der Waals surface area contributed by atoms with Crippen LogP contribution < -0.4 is 0 Å². The Bertz CT molecular complexity index is 761. The lowest BCUT2D eigenvalue weighted by Crippen LogP contribution is -2.51. The number of rotatable bonds is 6. The predicted molar refractivity (Wildman–Crippen MR) is 124 cm³/mol. The van der Waals surface area contributed by atoms with Crippen molar-refractivity contribution >= 4 is 22.5 Å². The lowest BCUT2D eigenvalue weighted by molar-refractivity contribution is -0.0136. The summed E-state index contributed by atoms with van der Waals surface area (Å²) >= 11 is 0. The first-order chi connectivity index (χ1) is 13.6. The molecular formula is C22H39NO5Si2. The van der Waals surface area contributed by atoms with Crippen molar-refractivity contribution in [1.29, 1.82) is 0 Å². The van der Waals surface area contributed by atoms with Crippen LogP contribution in [0.5, 0.6) is 0 Å². The molecule has 0 aromatic carbocycles. The molecule has 6 nitrogen and oxygen atoms in total. The van der Waals surface area contributed by atoms with Gasteiger partial charge in [0, 0.05) is 0 Å². The molecule has 0 bridgehead atoms. The molecule has 0 radical (unpaired) electrons. The minimum atomic E-state index is -2.05. The first kappa shape index (κ1) is 23.7. The summed E-state index contributed by atoms with van der Waals surface area (Å²) in [6, 6.07) is 3.68. The average Bonchev–Trinajstić information content (AvgIpc) is 3.28. The molecular weight excluding hydrogens is 414 g/mol. The second-order valence-corrected chi connectivity index (χ2v) is 21.0. The van der Waals surface area contributed by atoms with Gasteiger partial charge in [0.2, 0.25) is 0 Å². The Balaban J connectivity index is 1.81. The van der Waals surface area contributed by atoms with Crippen molar-refractivity contribution in [2.24, 2.45) is 4.99 Å². The highest BCUT2D eigenvalue weighted by Crippen LogP contribution is 2.43. The zero-order valence-electron chi connectivity index (χ0n) is 20.2. The van der Waals surface area contributed by atoms with E-state index in [1.807, 2.05) is 12.1 Å². The summed E-state index contributed by atoms with van der Waals surface area (Å²) in [5.41, 5.74) is 0. The van der Waals surface area contributed by atoms with Gasteiger partial charge in [-0.2, -0.15) is 0 Å². The van der Waals surface area contributed by atoms with Crippen molar-refractivity contribution in [3.8, 4) is 0 Å². The molecule has 30 heavy (non-hydrogen) atoms. The van der Waals surface area contributed by atoms with Gasteiger partial charge in [-0.1, -0.05) is 41.5 Å². The molecule has 8 heteroatoms. The van der Waals surface area contributed by atoms with Crippen molar-refractivity contribution in [3.05, 3.63) is 24.2 Å². The average molecular weight is 454 g/mol. The Morgan fingerprint density at radius 1 is 1.00 bits per heavy atom. The summed E-state index contributed by atoms with van der Waals surface area (Å²) in [4.78, 5) is 4.65. The number of hydrogen-bond donors (Lipinski definition) is 0. The van der Waals surface area contributed by atoms with E-state index in [9.17, 15) is 0 Å². The highest BCUT2D eigenvalue weighted by Gasteiger charge is 2.55. The zero-order chi connectivity index (χ0) is 22.5. The first-order valence-electron chi connectivity index (χ1n) is 10.9. The molecule has 0 aliphatic carbocycles. The van der Waals surface area contributed by atoms with E-state index in [0.29, 0.717) is 18.3 Å². The molecule has 2 aliphatic heterocycles. The van der Waals surface area contributed by atoms with Gasteiger partial charge in [-0.25, -0.2) is 4.99 Å². The smallest absolute Gasteiger partial charge is 0.256 e. The van der Waals surface area contributed by atoms with Crippen LogP contribution in [0.2, 0.25) is 36.3 Å². The van der Waals surface area contributed by atoms with Gasteiger partial charge in [0.1, 0.15) is 12.2 Å². The number of ether oxygens (including phenoxy) is 2. The van der Waals surface area contributed by atoms with Gasteiger partial charge in [0.15, 0.2) is 34.7 Å². The van der Waals surface area contributed by atoms with Crippen molar-refractivity contribution in [1.82, 2.24) is 0 Å². The van der Waals surface area contributed by atoms with E-state index >= 15 is 0 Å². The molecule has 1 aromatic rings. The van der Waals surface area contributed by atoms with Gasteiger partial charge in [-0.3, -0.25) is 0 Å². The molecule has 0 amide bonds. The van der Waals surface area contributed by atoms with Gasteiger partial charge < -0.3 is 22.7 Å². The van der Waals surface area contributed by atoms with Crippen LogP contribution in [0, 0.1) is 0 Å². The van der Waals surface area contributed by atoms with Crippen molar-refractivity contribution < 1.29 is 22.7 Å². The molecule has 1 saturated heterocycles. The summed E-state index contributed by atoms with van der Waals surface area (Å²) in [7, 11) is -3.96. The molecule has 4 atom stereocenters. The van der Waals surface area contributed by atoms with Crippen LogP contribution in [0.3, 0.4) is 0 Å². The molecule has 1 fully saturated rings. The number of nitrogens with zero attached hydrogens (tertiary/aromatic N) is 1. The zero-order valence-corrected chi connectivity index (χ0v) is 22.2. The minimum absolute atomic E-state index is 0.0826. The maximum atomic E-state index is 6.83. The van der Waals surface area contributed by atoms with Crippen LogP contribution in [0.15, 0.2) is 27.8 Å². The van der Waals surface area contributed by atoms with Crippen LogP contribution in [-0.4, -0.2) is 53.7 Å². The quantitative estimate of drug-likeness (QED) is 0.528. The van der Waals surface area contributed by atoms with Gasteiger partial charge in [-0.15, -0.1) is 0 Å². The van der Waals surface area contributed by atoms with Gasteiger partial charge >= 0.3 is 0 Å². The molecule has 2 aliphatic rings. The second-order valence-electron chi connectivity index (χ2n) is 11.5. The van der Waals surface area contributed by atoms with Crippen LogP contribution in [0.4, 0.5) is 0 Å². The topological polar surface area (TPSA) is 62.4 Å². The third-order valence-electron chi connectivity index (χ3n) is 7.16. The standard InChI is InChI=1S/C22H39NO5Si2/c1-21(2,3)29(7,8)25-14-16-17(28-30(9,10)22(4,5)6)18-20(26-16)23-19(27-18)15-12-11-13-24-15/h11-13,16-18,20H,14H2,1-10H3/t16-,17-,18+,20-/m1/s1. The maximum Gasteiger partial charge on any atom is 0.256 e. The molecule has 0 unspecified atom stereocenters. The SMILES string of the molecule is CC(C)(C)[Si](C)(C)OC[C@H]1O[C@H]2N=C(c3ccco3)O[C@H]2[C@@H]1O[Si](C)(C)C(C)(C)C. The molecule has 0 N–H and O–H groups in total. The van der Waals surface area contributed by atoms with Crippen LogP contribution in [0.1, 0.15) is 47.3 Å². The largest absolute Gasteiger partial charge is 0.464 e. The van der Waals surface area contributed by atoms with E-state index in [-0.39, 0.29) is 28.4 Å². The van der Waals surface area contributed by atoms with E-state index in [4.69, 9.17) is 22.7 Å². The number of furan rings is 1. The molecule has 170 valence electrons. The van der Waals surface area contributed by atoms with Crippen molar-refractivity contribution in [2.75, 3.05) is 6.61 Å². The molecule has 0 saturated carbocycles. The van der Waals surface area contributed by atoms with E-state index < -0.39 is 22.9 Å². The van der Waals surface area contributed by atoms with E-state index in [2.05, 4.69) is 72.7 Å². The summed E-state index contributed by atoms with van der Waals surface area (Å²) < 4.78 is 31.3. The normalized spacial score (nSPS) is 27.7. The molecule has 3 heterocycles. The lowest BCUT2D eigenvalue weighted by Gasteiger charge is -2.41. The Morgan fingerprint density at radius 2 is 1.63 bits per heavy atom. The Kier molecular flexibility index (Phi) is 6.23. The summed E-state index contributed by atoms with van der Waals surface area (Å²) in [5, 5.41) is 0.220. The van der Waals surface area contributed by atoms with Gasteiger partial charge in [-0.05, 0) is 48.4 Å². The van der Waals surface area contributed by atoms with E-state index in [1.54, 1.807) is 6.26 Å². The second kappa shape index (κ2) is 7.88. The predicted octanol–water partition coefficient (Wildman–Crippen LogP) is 5.56. The van der Waals surface area contributed by atoms with Gasteiger partial charge in [0.05, 0.1) is 12.9 Å². The Labute approximate surface area is 183 Å². The highest BCUT2D eigenvalue weighted by atomic mass is 28.4. The molecule has 3 rings (SSSR count). The van der Waals surface area contributed by atoms with Crippen LogP contribution in [-0.2, 0) is 18.3 Å². The summed E-state index contributed by atoms with van der Waals surface area (Å²) in [5.74, 6) is 1.11. The molecule has 0 spiro atoms. The molecule has 1 aromatic heterocycles. The van der Waals surface area contributed by atoms with E-state index in [1.165, 1.54) is 0 Å². The fraction of sp³-hybridized carbons (Fsp3) is 0.773. The third kappa shape index (κ3) is 4.62. The first-order valence-corrected chi connectivity index (χ1v) is 16.7. The monoisotopic (exact) mass is 453 g/mol. The number of hydrogen-bond acceptors (Lipinski definition) is 6. The summed E-state index contributed by atoms with van der Waals surface area (Å²) in [6.07, 6.45) is 0.512. The Hall–Kier alpha value is -0.936. The Morgan fingerprint density at radius 3 is 2.17 bits per heavy atom. The number of fused-ring (bicyclic) bond motifs is 1. The highest BCUT2D eigenvalue weighted by molar-refractivity contribution is 6.74. The maximum absolute atomic E-state index is 6.83. The number of aliphatic imine (C=N–C) groups is 1.